The maximum absolute atomic E-state index is 10.5. The maximum atomic E-state index is 10.5. The number of carboxylic acid groups (broad SMARTS) is 1. The van der Waals surface area contributed by atoms with Crippen molar-refractivity contribution < 1.29 is 14.6 Å². The number of nitrogens with zero attached hydrogens (tertiary/aromatic N) is 1. The van der Waals surface area contributed by atoms with E-state index in [9.17, 15) is 4.79 Å². The molecule has 5 nitrogen and oxygen atoms in total. The highest BCUT2D eigenvalue weighted by molar-refractivity contribution is 5.66. The summed E-state index contributed by atoms with van der Waals surface area (Å²) in [7, 11) is 0. The summed E-state index contributed by atoms with van der Waals surface area (Å²) in [4.78, 5) is 12.8. The van der Waals surface area contributed by atoms with Crippen LogP contribution >= 0.6 is 0 Å². The van der Waals surface area contributed by atoms with Crippen LogP contribution in [0.2, 0.25) is 0 Å². The van der Waals surface area contributed by atoms with Crippen molar-refractivity contribution in [3.8, 4) is 5.75 Å². The number of aliphatic carboxylic acids is 1. The van der Waals surface area contributed by atoms with Gasteiger partial charge in [0.05, 0.1) is 18.7 Å². The van der Waals surface area contributed by atoms with Crippen molar-refractivity contribution in [1.82, 2.24) is 5.32 Å². The lowest BCUT2D eigenvalue weighted by atomic mass is 10.1. The summed E-state index contributed by atoms with van der Waals surface area (Å²) >= 11 is 0. The quantitative estimate of drug-likeness (QED) is 0.720. The van der Waals surface area contributed by atoms with E-state index in [2.05, 4.69) is 28.4 Å². The number of anilines is 1. The van der Waals surface area contributed by atoms with Gasteiger partial charge in [0.25, 0.3) is 0 Å². The first kappa shape index (κ1) is 15.6. The van der Waals surface area contributed by atoms with Crippen molar-refractivity contribution in [2.75, 3.05) is 31.1 Å². The Morgan fingerprint density at radius 1 is 1.38 bits per heavy atom. The molecule has 5 heteroatoms. The van der Waals surface area contributed by atoms with E-state index in [1.165, 1.54) is 18.5 Å². The van der Waals surface area contributed by atoms with Gasteiger partial charge in [-0.15, -0.1) is 0 Å². The van der Waals surface area contributed by atoms with Crippen LogP contribution in [-0.4, -0.2) is 37.3 Å². The Labute approximate surface area is 125 Å². The summed E-state index contributed by atoms with van der Waals surface area (Å²) in [5, 5.41) is 11.8. The predicted molar refractivity (Wildman–Crippen MR) is 83.0 cm³/mol. The summed E-state index contributed by atoms with van der Waals surface area (Å²) in [5.74, 6) is 0.152. The predicted octanol–water partition coefficient (Wildman–Crippen LogP) is 2.25. The van der Waals surface area contributed by atoms with Crippen LogP contribution in [0, 0.1) is 0 Å². The molecule has 2 rings (SSSR count). The molecule has 0 bridgehead atoms. The van der Waals surface area contributed by atoms with Crippen LogP contribution in [0.4, 0.5) is 5.69 Å². The van der Waals surface area contributed by atoms with Gasteiger partial charge in [0.15, 0.2) is 0 Å². The molecule has 1 aliphatic heterocycles. The van der Waals surface area contributed by atoms with E-state index >= 15 is 0 Å². The molecule has 1 fully saturated rings. The average Bonchev–Trinajstić information content (AvgIpc) is 2.98. The molecule has 0 aliphatic carbocycles. The zero-order chi connectivity index (χ0) is 15.1. The van der Waals surface area contributed by atoms with E-state index in [-0.39, 0.29) is 6.42 Å². The third-order valence-corrected chi connectivity index (χ3v) is 3.62. The van der Waals surface area contributed by atoms with Crippen LogP contribution in [0.1, 0.15) is 31.7 Å². The smallest absolute Gasteiger partial charge is 0.304 e. The number of hydrogen-bond donors (Lipinski definition) is 2. The van der Waals surface area contributed by atoms with Crippen LogP contribution in [0.5, 0.6) is 5.75 Å². The Morgan fingerprint density at radius 2 is 2.14 bits per heavy atom. The van der Waals surface area contributed by atoms with Gasteiger partial charge < -0.3 is 20.1 Å². The maximum Gasteiger partial charge on any atom is 0.304 e. The highest BCUT2D eigenvalue weighted by Crippen LogP contribution is 2.32. The fourth-order valence-corrected chi connectivity index (χ4v) is 2.59. The Morgan fingerprint density at radius 3 is 2.81 bits per heavy atom. The van der Waals surface area contributed by atoms with E-state index in [4.69, 9.17) is 9.84 Å². The number of hydrogen-bond acceptors (Lipinski definition) is 4. The first-order valence-corrected chi connectivity index (χ1v) is 7.64. The molecule has 21 heavy (non-hydrogen) atoms. The Hall–Kier alpha value is -1.75. The molecule has 1 heterocycles. The topological polar surface area (TPSA) is 61.8 Å². The molecular formula is C16H24N2O3. The number of ether oxygens (including phenoxy) is 1. The van der Waals surface area contributed by atoms with Crippen molar-refractivity contribution in [1.29, 1.82) is 0 Å². The lowest BCUT2D eigenvalue weighted by Crippen LogP contribution is -2.20. The molecule has 116 valence electrons. The first-order valence-electron chi connectivity index (χ1n) is 7.64. The second kappa shape index (κ2) is 7.88. The number of benzene rings is 1. The molecule has 1 aromatic rings. The zero-order valence-electron chi connectivity index (χ0n) is 12.6. The highest BCUT2D eigenvalue weighted by Gasteiger charge is 2.16. The molecule has 0 atom stereocenters. The van der Waals surface area contributed by atoms with Gasteiger partial charge in [0.2, 0.25) is 0 Å². The van der Waals surface area contributed by atoms with Gasteiger partial charge in [-0.3, -0.25) is 4.79 Å². The summed E-state index contributed by atoms with van der Waals surface area (Å²) in [6.45, 7) is 5.97. The molecule has 0 spiro atoms. The van der Waals surface area contributed by atoms with Crippen LogP contribution in [-0.2, 0) is 11.3 Å². The standard InChI is InChI=1S/C16H24N2O3/c1-2-21-15-11-13(12-17-8-7-16(19)20)5-6-14(15)18-9-3-4-10-18/h5-6,11,17H,2-4,7-10,12H2,1H3,(H,19,20). The third-order valence-electron chi connectivity index (χ3n) is 3.62. The van der Waals surface area contributed by atoms with Crippen LogP contribution in [0.15, 0.2) is 18.2 Å². The summed E-state index contributed by atoms with van der Waals surface area (Å²) < 4.78 is 5.77. The van der Waals surface area contributed by atoms with Gasteiger partial charge in [0, 0.05) is 26.2 Å². The van der Waals surface area contributed by atoms with Crippen molar-refractivity contribution in [2.24, 2.45) is 0 Å². The Bertz CT molecular complexity index is 471. The lowest BCUT2D eigenvalue weighted by Gasteiger charge is -2.22. The number of nitrogens with one attached hydrogen (secondary N) is 1. The Balaban J connectivity index is 1.99. The summed E-state index contributed by atoms with van der Waals surface area (Å²) in [5.41, 5.74) is 2.29. The Kier molecular flexibility index (Phi) is 5.87. The normalized spacial score (nSPS) is 14.4. The minimum Gasteiger partial charge on any atom is -0.492 e. The summed E-state index contributed by atoms with van der Waals surface area (Å²) in [6.07, 6.45) is 2.62. The number of carbonyl (C=O) groups is 1. The zero-order valence-corrected chi connectivity index (χ0v) is 12.6. The van der Waals surface area contributed by atoms with E-state index in [0.717, 1.165) is 24.4 Å². The average molecular weight is 292 g/mol. The van der Waals surface area contributed by atoms with E-state index < -0.39 is 5.97 Å². The molecule has 1 aliphatic rings. The van der Waals surface area contributed by atoms with E-state index in [0.29, 0.717) is 19.7 Å². The molecule has 1 saturated heterocycles. The van der Waals surface area contributed by atoms with Gasteiger partial charge in [-0.25, -0.2) is 0 Å². The van der Waals surface area contributed by atoms with Crippen molar-refractivity contribution in [3.63, 3.8) is 0 Å². The fourth-order valence-electron chi connectivity index (χ4n) is 2.59. The number of carboxylic acids is 1. The van der Waals surface area contributed by atoms with Crippen molar-refractivity contribution in [3.05, 3.63) is 23.8 Å². The van der Waals surface area contributed by atoms with Crippen LogP contribution < -0.4 is 15.0 Å². The lowest BCUT2D eigenvalue weighted by molar-refractivity contribution is -0.136. The van der Waals surface area contributed by atoms with Crippen molar-refractivity contribution >= 4 is 11.7 Å². The highest BCUT2D eigenvalue weighted by atomic mass is 16.5. The van der Waals surface area contributed by atoms with Crippen LogP contribution in [0.25, 0.3) is 0 Å². The van der Waals surface area contributed by atoms with Crippen molar-refractivity contribution in [2.45, 2.75) is 32.7 Å². The second-order valence-electron chi connectivity index (χ2n) is 5.25. The largest absolute Gasteiger partial charge is 0.492 e. The van der Waals surface area contributed by atoms with E-state index in [1.807, 2.05) is 6.92 Å². The molecule has 0 unspecified atom stereocenters. The minimum atomic E-state index is -0.776. The molecule has 0 amide bonds. The minimum absolute atomic E-state index is 0.143. The third kappa shape index (κ3) is 4.63. The van der Waals surface area contributed by atoms with Gasteiger partial charge in [0.1, 0.15) is 5.75 Å². The molecule has 1 aromatic carbocycles. The van der Waals surface area contributed by atoms with Gasteiger partial charge in [-0.05, 0) is 37.5 Å². The molecule has 0 aromatic heterocycles. The van der Waals surface area contributed by atoms with Gasteiger partial charge in [-0.1, -0.05) is 6.07 Å². The van der Waals surface area contributed by atoms with Gasteiger partial charge >= 0.3 is 5.97 Å². The molecule has 2 N–H and O–H groups in total. The van der Waals surface area contributed by atoms with E-state index in [1.54, 1.807) is 0 Å². The first-order chi connectivity index (χ1) is 10.2. The van der Waals surface area contributed by atoms with Crippen LogP contribution in [0.3, 0.4) is 0 Å². The fraction of sp³-hybridized carbons (Fsp3) is 0.562. The second-order valence-corrected chi connectivity index (χ2v) is 5.25. The summed E-state index contributed by atoms with van der Waals surface area (Å²) in [6, 6.07) is 6.26. The monoisotopic (exact) mass is 292 g/mol. The number of rotatable bonds is 8. The molecular weight excluding hydrogens is 268 g/mol. The SMILES string of the molecule is CCOc1cc(CNCCC(=O)O)ccc1N1CCCC1. The van der Waals surface area contributed by atoms with Gasteiger partial charge in [-0.2, -0.15) is 0 Å². The molecule has 0 radical (unpaired) electrons. The molecule has 0 saturated carbocycles.